The fourth-order valence-corrected chi connectivity index (χ4v) is 2.63. The number of hydrogen-bond acceptors (Lipinski definition) is 4. The van der Waals surface area contributed by atoms with Gasteiger partial charge in [0.2, 0.25) is 0 Å². The van der Waals surface area contributed by atoms with Crippen LogP contribution in [0.2, 0.25) is 0 Å². The van der Waals surface area contributed by atoms with E-state index in [1.54, 1.807) is 23.5 Å². The largest absolute Gasteiger partial charge is 0.493 e. The molecule has 0 bridgehead atoms. The summed E-state index contributed by atoms with van der Waals surface area (Å²) >= 11 is 1.66. The number of nitrogens with one attached hydrogen (secondary N) is 1. The summed E-state index contributed by atoms with van der Waals surface area (Å²) in [5.41, 5.74) is 1.09. The summed E-state index contributed by atoms with van der Waals surface area (Å²) in [7, 11) is 0. The number of nitrogens with zero attached hydrogens (tertiary/aromatic N) is 1. The van der Waals surface area contributed by atoms with Gasteiger partial charge in [0.05, 0.1) is 17.3 Å². The molecule has 21 heavy (non-hydrogen) atoms. The third-order valence-electron chi connectivity index (χ3n) is 3.01. The quantitative estimate of drug-likeness (QED) is 0.716. The first-order chi connectivity index (χ1) is 10.3. The maximum Gasteiger partial charge on any atom is 0.123 e. The van der Waals surface area contributed by atoms with Gasteiger partial charge in [-0.3, -0.25) is 0 Å². The molecular weight excluding hydrogens is 287 g/mol. The van der Waals surface area contributed by atoms with E-state index in [1.807, 2.05) is 0 Å². The van der Waals surface area contributed by atoms with Crippen LogP contribution in [0, 0.1) is 5.82 Å². The lowest BCUT2D eigenvalue weighted by atomic mass is 10.3. The van der Waals surface area contributed by atoms with Crippen molar-refractivity contribution in [2.24, 2.45) is 0 Å². The molecule has 0 spiro atoms. The second-order valence-electron chi connectivity index (χ2n) is 4.82. The van der Waals surface area contributed by atoms with E-state index in [2.05, 4.69) is 22.6 Å². The highest BCUT2D eigenvalue weighted by molar-refractivity contribution is 7.09. The Morgan fingerprint density at radius 2 is 2.10 bits per heavy atom. The molecule has 1 N–H and O–H groups in total. The highest BCUT2D eigenvalue weighted by Crippen LogP contribution is 2.14. The Hall–Kier alpha value is -1.46. The van der Waals surface area contributed by atoms with Crippen molar-refractivity contribution >= 4 is 11.3 Å². The van der Waals surface area contributed by atoms with Gasteiger partial charge >= 0.3 is 0 Å². The Labute approximate surface area is 129 Å². The van der Waals surface area contributed by atoms with Crippen molar-refractivity contribution in [3.05, 3.63) is 46.2 Å². The van der Waals surface area contributed by atoms with E-state index in [0.717, 1.165) is 30.2 Å². The van der Waals surface area contributed by atoms with Crippen molar-refractivity contribution in [3.63, 3.8) is 0 Å². The molecule has 1 aromatic carbocycles. The minimum absolute atomic E-state index is 0.248. The SMILES string of the molecule is CCCCNCc1csc(CCOc2ccc(F)cc2)n1. The van der Waals surface area contributed by atoms with Crippen LogP contribution in [0.25, 0.3) is 0 Å². The number of thiazole rings is 1. The van der Waals surface area contributed by atoms with Crippen molar-refractivity contribution in [1.82, 2.24) is 10.3 Å². The van der Waals surface area contributed by atoms with E-state index in [9.17, 15) is 4.39 Å². The predicted octanol–water partition coefficient (Wildman–Crippen LogP) is 3.79. The molecule has 0 aliphatic rings. The molecular formula is C16H21FN2OS. The molecule has 1 heterocycles. The van der Waals surface area contributed by atoms with Crippen LogP contribution in [0.3, 0.4) is 0 Å². The summed E-state index contributed by atoms with van der Waals surface area (Å²) in [5, 5.41) is 6.54. The maximum absolute atomic E-state index is 12.8. The second kappa shape index (κ2) is 8.74. The highest BCUT2D eigenvalue weighted by atomic mass is 32.1. The smallest absolute Gasteiger partial charge is 0.123 e. The van der Waals surface area contributed by atoms with Gasteiger partial charge in [-0.1, -0.05) is 13.3 Å². The zero-order valence-electron chi connectivity index (χ0n) is 12.3. The molecule has 0 atom stereocenters. The van der Waals surface area contributed by atoms with Crippen molar-refractivity contribution in [3.8, 4) is 5.75 Å². The standard InChI is InChI=1S/C16H21FN2OS/c1-2-3-9-18-11-14-12-21-16(19-14)8-10-20-15-6-4-13(17)5-7-15/h4-7,12,18H,2-3,8-11H2,1H3. The molecule has 114 valence electrons. The molecule has 0 aliphatic carbocycles. The second-order valence-corrected chi connectivity index (χ2v) is 5.76. The van der Waals surface area contributed by atoms with Crippen molar-refractivity contribution in [1.29, 1.82) is 0 Å². The van der Waals surface area contributed by atoms with Crippen molar-refractivity contribution in [2.45, 2.75) is 32.7 Å². The highest BCUT2D eigenvalue weighted by Gasteiger charge is 2.02. The van der Waals surface area contributed by atoms with Gasteiger partial charge in [0.25, 0.3) is 0 Å². The summed E-state index contributed by atoms with van der Waals surface area (Å²) in [6.07, 6.45) is 3.18. The summed E-state index contributed by atoms with van der Waals surface area (Å²) in [5.74, 6) is 0.442. The fraction of sp³-hybridized carbons (Fsp3) is 0.438. The van der Waals surface area contributed by atoms with Gasteiger partial charge in [0.15, 0.2) is 0 Å². The summed E-state index contributed by atoms with van der Waals surface area (Å²) in [4.78, 5) is 4.57. The van der Waals surface area contributed by atoms with E-state index in [4.69, 9.17) is 4.74 Å². The van der Waals surface area contributed by atoms with Crippen molar-refractivity contribution in [2.75, 3.05) is 13.2 Å². The van der Waals surface area contributed by atoms with Gasteiger partial charge in [-0.15, -0.1) is 11.3 Å². The Morgan fingerprint density at radius 3 is 2.86 bits per heavy atom. The zero-order chi connectivity index (χ0) is 14.9. The maximum atomic E-state index is 12.8. The van der Waals surface area contributed by atoms with E-state index in [0.29, 0.717) is 12.4 Å². The van der Waals surface area contributed by atoms with E-state index in [1.165, 1.54) is 25.0 Å². The lowest BCUT2D eigenvalue weighted by molar-refractivity contribution is 0.321. The van der Waals surface area contributed by atoms with E-state index in [-0.39, 0.29) is 5.82 Å². The third kappa shape index (κ3) is 5.81. The monoisotopic (exact) mass is 308 g/mol. The van der Waals surface area contributed by atoms with Gasteiger partial charge in [-0.05, 0) is 37.2 Å². The van der Waals surface area contributed by atoms with E-state index < -0.39 is 0 Å². The fourth-order valence-electron chi connectivity index (χ4n) is 1.85. The zero-order valence-corrected chi connectivity index (χ0v) is 13.1. The lowest BCUT2D eigenvalue weighted by Gasteiger charge is -2.04. The third-order valence-corrected chi connectivity index (χ3v) is 3.97. The predicted molar refractivity (Wildman–Crippen MR) is 84.3 cm³/mol. The summed E-state index contributed by atoms with van der Waals surface area (Å²) in [6.45, 7) is 4.61. The van der Waals surface area contributed by atoms with Gasteiger partial charge in [0.1, 0.15) is 11.6 Å². The number of benzene rings is 1. The Kier molecular flexibility index (Phi) is 6.63. The Bertz CT molecular complexity index is 527. The van der Waals surface area contributed by atoms with Gasteiger partial charge in [-0.2, -0.15) is 0 Å². The van der Waals surface area contributed by atoms with Crippen LogP contribution >= 0.6 is 11.3 Å². The Balaban J connectivity index is 1.69. The van der Waals surface area contributed by atoms with Gasteiger partial charge in [-0.25, -0.2) is 9.37 Å². The van der Waals surface area contributed by atoms with Crippen LogP contribution in [0.5, 0.6) is 5.75 Å². The van der Waals surface area contributed by atoms with Crippen LogP contribution in [-0.4, -0.2) is 18.1 Å². The van der Waals surface area contributed by atoms with Crippen LogP contribution in [0.15, 0.2) is 29.6 Å². The number of ether oxygens (including phenoxy) is 1. The Morgan fingerprint density at radius 1 is 1.29 bits per heavy atom. The van der Waals surface area contributed by atoms with Crippen LogP contribution in [-0.2, 0) is 13.0 Å². The molecule has 0 aliphatic heterocycles. The molecule has 0 saturated carbocycles. The number of unbranched alkanes of at least 4 members (excludes halogenated alkanes) is 1. The molecule has 0 unspecified atom stereocenters. The van der Waals surface area contributed by atoms with Crippen LogP contribution in [0.1, 0.15) is 30.5 Å². The molecule has 2 aromatic rings. The minimum Gasteiger partial charge on any atom is -0.493 e. The van der Waals surface area contributed by atoms with Crippen LogP contribution in [0.4, 0.5) is 4.39 Å². The van der Waals surface area contributed by atoms with Crippen molar-refractivity contribution < 1.29 is 9.13 Å². The lowest BCUT2D eigenvalue weighted by Crippen LogP contribution is -2.14. The molecule has 3 nitrogen and oxygen atoms in total. The van der Waals surface area contributed by atoms with E-state index >= 15 is 0 Å². The molecule has 1 aromatic heterocycles. The molecule has 0 saturated heterocycles. The van der Waals surface area contributed by atoms with Crippen LogP contribution < -0.4 is 10.1 Å². The number of rotatable bonds is 9. The average molecular weight is 308 g/mol. The summed E-state index contributed by atoms with van der Waals surface area (Å²) < 4.78 is 18.3. The number of hydrogen-bond donors (Lipinski definition) is 1. The molecule has 5 heteroatoms. The first-order valence-electron chi connectivity index (χ1n) is 7.30. The molecule has 0 radical (unpaired) electrons. The minimum atomic E-state index is -0.248. The normalized spacial score (nSPS) is 10.8. The number of halogens is 1. The average Bonchev–Trinajstić information content (AvgIpc) is 2.94. The first kappa shape index (κ1) is 15.9. The molecule has 0 amide bonds. The van der Waals surface area contributed by atoms with Gasteiger partial charge < -0.3 is 10.1 Å². The topological polar surface area (TPSA) is 34.1 Å². The molecule has 2 rings (SSSR count). The summed E-state index contributed by atoms with van der Waals surface area (Å²) in [6, 6.07) is 6.08. The van der Waals surface area contributed by atoms with Gasteiger partial charge in [0, 0.05) is 18.3 Å². The molecule has 0 fully saturated rings. The number of aromatic nitrogens is 1. The first-order valence-corrected chi connectivity index (χ1v) is 8.18.